The van der Waals surface area contributed by atoms with Crippen molar-refractivity contribution in [3.05, 3.63) is 23.3 Å². The van der Waals surface area contributed by atoms with Crippen molar-refractivity contribution in [3.8, 4) is 0 Å². The summed E-state index contributed by atoms with van der Waals surface area (Å²) in [6.45, 7) is 4.14. The third-order valence-electron chi connectivity index (χ3n) is 3.54. The average Bonchev–Trinajstić information content (AvgIpc) is 2.30. The molecule has 1 saturated carbocycles. The number of carbonyl (C=O) groups is 1. The molecular formula is C14H20N2O2. The molecule has 0 aliphatic heterocycles. The van der Waals surface area contributed by atoms with Crippen LogP contribution in [0.2, 0.25) is 0 Å². The first-order valence-electron chi connectivity index (χ1n) is 6.26. The molecule has 0 aromatic heterocycles. The Morgan fingerprint density at radius 2 is 2.11 bits per heavy atom. The molecule has 0 heterocycles. The van der Waals surface area contributed by atoms with Gasteiger partial charge in [-0.2, -0.15) is 0 Å². The maximum absolute atomic E-state index is 11.6. The maximum Gasteiger partial charge on any atom is 0.340 e. The Bertz CT molecular complexity index is 465. The summed E-state index contributed by atoms with van der Waals surface area (Å²) >= 11 is 0. The summed E-state index contributed by atoms with van der Waals surface area (Å²) in [5.41, 5.74) is 8.67. The predicted molar refractivity (Wildman–Crippen MR) is 72.7 cm³/mol. The molecule has 1 aromatic carbocycles. The van der Waals surface area contributed by atoms with Gasteiger partial charge in [0.05, 0.1) is 12.7 Å². The highest BCUT2D eigenvalue weighted by molar-refractivity contribution is 5.97. The van der Waals surface area contributed by atoms with E-state index in [0.717, 1.165) is 17.2 Å². The molecule has 1 aromatic rings. The fourth-order valence-electron chi connectivity index (χ4n) is 2.42. The minimum atomic E-state index is -0.388. The summed E-state index contributed by atoms with van der Waals surface area (Å²) in [7, 11) is 1.37. The molecule has 18 heavy (non-hydrogen) atoms. The molecule has 0 amide bonds. The summed E-state index contributed by atoms with van der Waals surface area (Å²) in [6, 6.07) is 4.26. The molecule has 0 bridgehead atoms. The Balaban J connectivity index is 2.21. The lowest BCUT2D eigenvalue weighted by Gasteiger charge is -2.34. The maximum atomic E-state index is 11.6. The number of nitrogen functional groups attached to an aromatic ring is 1. The van der Waals surface area contributed by atoms with Crippen molar-refractivity contribution in [1.29, 1.82) is 0 Å². The second kappa shape index (κ2) is 4.88. The second-order valence-corrected chi connectivity index (χ2v) is 5.16. The quantitative estimate of drug-likeness (QED) is 0.637. The van der Waals surface area contributed by atoms with E-state index in [-0.39, 0.29) is 5.97 Å². The molecule has 4 heteroatoms. The van der Waals surface area contributed by atoms with Crippen molar-refractivity contribution in [2.75, 3.05) is 18.2 Å². The van der Waals surface area contributed by atoms with Gasteiger partial charge in [0.2, 0.25) is 0 Å². The van der Waals surface area contributed by atoms with Gasteiger partial charge in [-0.1, -0.05) is 6.92 Å². The summed E-state index contributed by atoms with van der Waals surface area (Å²) < 4.78 is 4.74. The van der Waals surface area contributed by atoms with E-state index in [4.69, 9.17) is 10.5 Å². The van der Waals surface area contributed by atoms with Crippen LogP contribution in [-0.4, -0.2) is 19.1 Å². The number of benzene rings is 1. The molecule has 0 radical (unpaired) electrons. The third kappa shape index (κ3) is 2.42. The summed E-state index contributed by atoms with van der Waals surface area (Å²) in [4.78, 5) is 11.6. The van der Waals surface area contributed by atoms with E-state index >= 15 is 0 Å². The smallest absolute Gasteiger partial charge is 0.340 e. The number of esters is 1. The lowest BCUT2D eigenvalue weighted by atomic mass is 9.82. The molecule has 0 unspecified atom stereocenters. The van der Waals surface area contributed by atoms with Crippen molar-refractivity contribution in [3.63, 3.8) is 0 Å². The SMILES string of the molecule is COC(=O)c1cc(NC2CC(C)C2)cc(C)c1N. The summed E-state index contributed by atoms with van der Waals surface area (Å²) in [5.74, 6) is 0.402. The topological polar surface area (TPSA) is 64.3 Å². The molecule has 2 rings (SSSR count). The van der Waals surface area contributed by atoms with Gasteiger partial charge in [-0.05, 0) is 43.4 Å². The standard InChI is InChI=1S/C14H20N2O2/c1-8-4-10(5-8)16-11-6-9(2)13(15)12(7-11)14(17)18-3/h6-8,10,16H,4-5,15H2,1-3H3. The van der Waals surface area contributed by atoms with Crippen molar-refractivity contribution < 1.29 is 9.53 Å². The monoisotopic (exact) mass is 248 g/mol. The minimum Gasteiger partial charge on any atom is -0.465 e. The van der Waals surface area contributed by atoms with Crippen LogP contribution >= 0.6 is 0 Å². The fourth-order valence-corrected chi connectivity index (χ4v) is 2.42. The number of rotatable bonds is 3. The summed E-state index contributed by atoms with van der Waals surface area (Å²) in [6.07, 6.45) is 2.36. The molecule has 4 nitrogen and oxygen atoms in total. The van der Waals surface area contributed by atoms with Gasteiger partial charge in [0, 0.05) is 17.4 Å². The first kappa shape index (κ1) is 12.7. The van der Waals surface area contributed by atoms with Crippen molar-refractivity contribution in [2.45, 2.75) is 32.7 Å². The number of nitrogens with two attached hydrogens (primary N) is 1. The van der Waals surface area contributed by atoms with Gasteiger partial charge >= 0.3 is 5.97 Å². The van der Waals surface area contributed by atoms with E-state index in [9.17, 15) is 4.79 Å². The Kier molecular flexibility index (Phi) is 3.45. The van der Waals surface area contributed by atoms with Crippen LogP contribution in [0.15, 0.2) is 12.1 Å². The molecule has 1 aliphatic carbocycles. The van der Waals surface area contributed by atoms with Crippen LogP contribution in [0.3, 0.4) is 0 Å². The lowest BCUT2D eigenvalue weighted by Crippen LogP contribution is -2.33. The first-order chi connectivity index (χ1) is 8.51. The van der Waals surface area contributed by atoms with Crippen molar-refractivity contribution in [1.82, 2.24) is 0 Å². The van der Waals surface area contributed by atoms with Gasteiger partial charge in [0.15, 0.2) is 0 Å². The normalized spacial score (nSPS) is 22.2. The molecule has 0 saturated heterocycles. The second-order valence-electron chi connectivity index (χ2n) is 5.16. The number of methoxy groups -OCH3 is 1. The van der Waals surface area contributed by atoms with E-state index in [1.807, 2.05) is 13.0 Å². The molecular weight excluding hydrogens is 228 g/mol. The molecule has 98 valence electrons. The Hall–Kier alpha value is -1.71. The van der Waals surface area contributed by atoms with Crippen LogP contribution in [0, 0.1) is 12.8 Å². The zero-order valence-corrected chi connectivity index (χ0v) is 11.1. The van der Waals surface area contributed by atoms with Crippen LogP contribution in [-0.2, 0) is 4.74 Å². The highest BCUT2D eigenvalue weighted by Crippen LogP contribution is 2.31. The van der Waals surface area contributed by atoms with Gasteiger partial charge < -0.3 is 15.8 Å². The number of aryl methyl sites for hydroxylation is 1. The third-order valence-corrected chi connectivity index (χ3v) is 3.54. The highest BCUT2D eigenvalue weighted by Gasteiger charge is 2.25. The van der Waals surface area contributed by atoms with Gasteiger partial charge in [-0.15, -0.1) is 0 Å². The van der Waals surface area contributed by atoms with Crippen molar-refractivity contribution in [2.24, 2.45) is 5.92 Å². The molecule has 0 atom stereocenters. The van der Waals surface area contributed by atoms with Gasteiger partial charge in [0.1, 0.15) is 0 Å². The summed E-state index contributed by atoms with van der Waals surface area (Å²) in [5, 5.41) is 3.43. The number of carbonyl (C=O) groups excluding carboxylic acids is 1. The number of anilines is 2. The Labute approximate surface area is 108 Å². The van der Waals surface area contributed by atoms with Crippen molar-refractivity contribution >= 4 is 17.3 Å². The number of nitrogens with one attached hydrogen (secondary N) is 1. The highest BCUT2D eigenvalue weighted by atomic mass is 16.5. The van der Waals surface area contributed by atoms with E-state index in [2.05, 4.69) is 12.2 Å². The number of hydrogen-bond acceptors (Lipinski definition) is 4. The first-order valence-corrected chi connectivity index (χ1v) is 6.26. The zero-order valence-electron chi connectivity index (χ0n) is 11.1. The van der Waals surface area contributed by atoms with Gasteiger partial charge in [-0.3, -0.25) is 0 Å². The average molecular weight is 248 g/mol. The number of hydrogen-bond donors (Lipinski definition) is 2. The van der Waals surface area contributed by atoms with Crippen LogP contribution in [0.4, 0.5) is 11.4 Å². The number of ether oxygens (including phenoxy) is 1. The molecule has 1 fully saturated rings. The van der Waals surface area contributed by atoms with Crippen LogP contribution in [0.25, 0.3) is 0 Å². The molecule has 3 N–H and O–H groups in total. The largest absolute Gasteiger partial charge is 0.465 e. The van der Waals surface area contributed by atoms with Crippen LogP contribution < -0.4 is 11.1 Å². The van der Waals surface area contributed by atoms with E-state index in [0.29, 0.717) is 17.3 Å². The molecule has 1 aliphatic rings. The fraction of sp³-hybridized carbons (Fsp3) is 0.500. The zero-order chi connectivity index (χ0) is 13.3. The Morgan fingerprint density at radius 1 is 1.44 bits per heavy atom. The predicted octanol–water partition coefficient (Wildman–Crippen LogP) is 2.57. The van der Waals surface area contributed by atoms with Gasteiger partial charge in [0.25, 0.3) is 0 Å². The van der Waals surface area contributed by atoms with E-state index in [1.165, 1.54) is 20.0 Å². The minimum absolute atomic E-state index is 0.388. The molecule has 0 spiro atoms. The van der Waals surface area contributed by atoms with Crippen LogP contribution in [0.5, 0.6) is 0 Å². The Morgan fingerprint density at radius 3 is 2.67 bits per heavy atom. The van der Waals surface area contributed by atoms with Gasteiger partial charge in [-0.25, -0.2) is 4.79 Å². The lowest BCUT2D eigenvalue weighted by molar-refractivity contribution is 0.0602. The van der Waals surface area contributed by atoms with E-state index in [1.54, 1.807) is 6.07 Å². The van der Waals surface area contributed by atoms with E-state index < -0.39 is 0 Å². The van der Waals surface area contributed by atoms with Crippen LogP contribution in [0.1, 0.15) is 35.7 Å².